The SMILES string of the molecule is CC(=O)Cc1ccc([125I])cc1. The number of halogens is 1. The van der Waals surface area contributed by atoms with Crippen LogP contribution in [0, 0.1) is 3.57 Å². The molecule has 11 heavy (non-hydrogen) atoms. The van der Waals surface area contributed by atoms with Crippen molar-refractivity contribution in [3.8, 4) is 0 Å². The third-order valence-electron chi connectivity index (χ3n) is 1.37. The number of carbonyl (C=O) groups is 1. The Morgan fingerprint density at radius 2 is 1.91 bits per heavy atom. The molecule has 0 heterocycles. The summed E-state index contributed by atoms with van der Waals surface area (Å²) in [6.07, 6.45) is 0.552. The van der Waals surface area contributed by atoms with Crippen molar-refractivity contribution in [1.29, 1.82) is 0 Å². The van der Waals surface area contributed by atoms with Crippen LogP contribution >= 0.6 is 22.6 Å². The van der Waals surface area contributed by atoms with Crippen LogP contribution in [-0.2, 0) is 11.2 Å². The molecule has 0 aliphatic heterocycles. The lowest BCUT2D eigenvalue weighted by Gasteiger charge is -1.96. The van der Waals surface area contributed by atoms with E-state index in [1.54, 1.807) is 6.92 Å². The first-order valence-corrected chi connectivity index (χ1v) is 4.50. The third-order valence-corrected chi connectivity index (χ3v) is 2.09. The summed E-state index contributed by atoms with van der Waals surface area (Å²) < 4.78 is 1.20. The van der Waals surface area contributed by atoms with Gasteiger partial charge in [-0.2, -0.15) is 0 Å². The second kappa shape index (κ2) is 3.85. The van der Waals surface area contributed by atoms with Gasteiger partial charge in [0.15, 0.2) is 0 Å². The van der Waals surface area contributed by atoms with E-state index >= 15 is 0 Å². The second-order valence-electron chi connectivity index (χ2n) is 2.51. The molecule has 0 atom stereocenters. The lowest BCUT2D eigenvalue weighted by molar-refractivity contribution is -0.116. The standard InChI is InChI=1S/C9H9IO/c1-7(11)6-8-2-4-9(10)5-3-8/h2-5H,6H2,1H3/i10-2. The third kappa shape index (κ3) is 3.01. The topological polar surface area (TPSA) is 17.1 Å². The minimum atomic E-state index is 0.214. The highest BCUT2D eigenvalue weighted by Gasteiger charge is 1.95. The summed E-state index contributed by atoms with van der Waals surface area (Å²) in [5.74, 6) is 0.214. The first-order valence-electron chi connectivity index (χ1n) is 3.42. The fourth-order valence-corrected chi connectivity index (χ4v) is 1.25. The predicted molar refractivity (Wildman–Crippen MR) is 53.5 cm³/mol. The maximum atomic E-state index is 10.7. The van der Waals surface area contributed by atoms with Gasteiger partial charge in [0.05, 0.1) is 0 Å². The zero-order valence-electron chi connectivity index (χ0n) is 6.30. The van der Waals surface area contributed by atoms with Crippen molar-refractivity contribution in [2.75, 3.05) is 0 Å². The first kappa shape index (κ1) is 8.71. The Hall–Kier alpha value is -0.380. The number of carbonyl (C=O) groups excluding carboxylic acids is 1. The fourth-order valence-electron chi connectivity index (χ4n) is 0.890. The van der Waals surface area contributed by atoms with Crippen LogP contribution in [0.3, 0.4) is 0 Å². The molecular weight excluding hydrogens is 249 g/mol. The Kier molecular flexibility index (Phi) is 3.05. The van der Waals surface area contributed by atoms with Gasteiger partial charge in [0, 0.05) is 9.99 Å². The molecule has 0 aliphatic rings. The maximum Gasteiger partial charge on any atom is 0.134 e. The quantitative estimate of drug-likeness (QED) is 0.744. The van der Waals surface area contributed by atoms with Crippen molar-refractivity contribution in [3.05, 3.63) is 33.4 Å². The molecule has 0 saturated carbocycles. The number of Topliss-reactive ketones (excluding diaryl/α,β-unsaturated/α-hetero) is 1. The molecule has 1 aromatic carbocycles. The molecule has 0 amide bonds. The molecule has 0 radical (unpaired) electrons. The van der Waals surface area contributed by atoms with E-state index < -0.39 is 0 Å². The van der Waals surface area contributed by atoms with Crippen LogP contribution in [0.2, 0.25) is 0 Å². The van der Waals surface area contributed by atoms with Gasteiger partial charge in [0.1, 0.15) is 5.78 Å². The molecular formula is C9H9IO. The molecule has 0 fully saturated rings. The van der Waals surface area contributed by atoms with Crippen molar-refractivity contribution in [1.82, 2.24) is 0 Å². The normalized spacial score (nSPS) is 9.64. The van der Waals surface area contributed by atoms with E-state index in [0.717, 1.165) is 5.56 Å². The van der Waals surface area contributed by atoms with Gasteiger partial charge in [-0.3, -0.25) is 4.79 Å². The van der Waals surface area contributed by atoms with Gasteiger partial charge >= 0.3 is 0 Å². The number of rotatable bonds is 2. The number of hydrogen-bond donors (Lipinski definition) is 0. The Bertz CT molecular complexity index is 251. The molecule has 0 unspecified atom stereocenters. The lowest BCUT2D eigenvalue weighted by Crippen LogP contribution is -1.95. The summed E-state index contributed by atoms with van der Waals surface area (Å²) in [4.78, 5) is 10.7. The first-order chi connectivity index (χ1) is 5.18. The van der Waals surface area contributed by atoms with E-state index in [2.05, 4.69) is 22.6 Å². The Labute approximate surface area is 79.9 Å². The average molecular weight is 258 g/mol. The number of ketones is 1. The summed E-state index contributed by atoms with van der Waals surface area (Å²) in [5, 5.41) is 0. The summed E-state index contributed by atoms with van der Waals surface area (Å²) in [6, 6.07) is 8.00. The van der Waals surface area contributed by atoms with E-state index in [1.807, 2.05) is 24.3 Å². The fraction of sp³-hybridized carbons (Fsp3) is 0.222. The molecule has 0 saturated heterocycles. The molecule has 0 aliphatic carbocycles. The van der Waals surface area contributed by atoms with Gasteiger partial charge in [0.2, 0.25) is 0 Å². The van der Waals surface area contributed by atoms with E-state index in [4.69, 9.17) is 0 Å². The molecule has 0 aromatic heterocycles. The van der Waals surface area contributed by atoms with E-state index in [0.29, 0.717) is 6.42 Å². The average Bonchev–Trinajstić information content (AvgIpc) is 1.93. The van der Waals surface area contributed by atoms with Crippen molar-refractivity contribution in [2.45, 2.75) is 13.3 Å². The van der Waals surface area contributed by atoms with E-state index in [-0.39, 0.29) is 5.78 Å². The highest BCUT2D eigenvalue weighted by molar-refractivity contribution is 14.1. The number of hydrogen-bond acceptors (Lipinski definition) is 1. The molecule has 1 aromatic rings. The molecule has 58 valence electrons. The summed E-state index contributed by atoms with van der Waals surface area (Å²) >= 11 is 2.25. The van der Waals surface area contributed by atoms with Crippen LogP contribution in [0.15, 0.2) is 24.3 Å². The predicted octanol–water partition coefficient (Wildman–Crippen LogP) is 2.42. The van der Waals surface area contributed by atoms with Crippen LogP contribution in [-0.4, -0.2) is 5.78 Å². The van der Waals surface area contributed by atoms with Crippen LogP contribution in [0.5, 0.6) is 0 Å². The summed E-state index contributed by atoms with van der Waals surface area (Å²) in [5.41, 5.74) is 1.10. The molecule has 0 spiro atoms. The van der Waals surface area contributed by atoms with Gasteiger partial charge in [-0.15, -0.1) is 0 Å². The lowest BCUT2D eigenvalue weighted by atomic mass is 10.1. The van der Waals surface area contributed by atoms with Crippen LogP contribution < -0.4 is 0 Å². The monoisotopic (exact) mass is 258 g/mol. The zero-order valence-corrected chi connectivity index (χ0v) is 8.46. The van der Waals surface area contributed by atoms with Crippen molar-refractivity contribution in [3.63, 3.8) is 0 Å². The molecule has 1 rings (SSSR count). The largest absolute Gasteiger partial charge is 0.300 e. The van der Waals surface area contributed by atoms with Gasteiger partial charge in [-0.1, -0.05) is 12.1 Å². The molecule has 0 N–H and O–H groups in total. The minimum Gasteiger partial charge on any atom is -0.300 e. The van der Waals surface area contributed by atoms with Crippen LogP contribution in [0.1, 0.15) is 12.5 Å². The van der Waals surface area contributed by atoms with Crippen molar-refractivity contribution in [2.24, 2.45) is 0 Å². The van der Waals surface area contributed by atoms with E-state index in [1.165, 1.54) is 3.57 Å². The van der Waals surface area contributed by atoms with Gasteiger partial charge in [-0.25, -0.2) is 0 Å². The summed E-state index contributed by atoms with van der Waals surface area (Å²) in [6.45, 7) is 1.61. The Balaban J connectivity index is 2.74. The smallest absolute Gasteiger partial charge is 0.134 e. The van der Waals surface area contributed by atoms with Gasteiger partial charge in [-0.05, 0) is 47.2 Å². The molecule has 2 heteroatoms. The van der Waals surface area contributed by atoms with Crippen molar-refractivity contribution < 1.29 is 4.79 Å². The van der Waals surface area contributed by atoms with Crippen molar-refractivity contribution >= 4 is 28.4 Å². The highest BCUT2D eigenvalue weighted by Crippen LogP contribution is 2.07. The van der Waals surface area contributed by atoms with Gasteiger partial charge in [0.25, 0.3) is 0 Å². The van der Waals surface area contributed by atoms with Gasteiger partial charge < -0.3 is 0 Å². The summed E-state index contributed by atoms with van der Waals surface area (Å²) in [7, 11) is 0. The number of benzene rings is 1. The van der Waals surface area contributed by atoms with Crippen LogP contribution in [0.25, 0.3) is 0 Å². The zero-order chi connectivity index (χ0) is 8.27. The highest BCUT2D eigenvalue weighted by atomic mass is 125. The Morgan fingerprint density at radius 3 is 2.36 bits per heavy atom. The minimum absolute atomic E-state index is 0.214. The molecule has 1 nitrogen and oxygen atoms in total. The second-order valence-corrected chi connectivity index (χ2v) is 3.75. The molecule has 0 bridgehead atoms. The van der Waals surface area contributed by atoms with E-state index in [9.17, 15) is 4.79 Å². The Morgan fingerprint density at radius 1 is 1.36 bits per heavy atom. The van der Waals surface area contributed by atoms with Crippen LogP contribution in [0.4, 0.5) is 0 Å². The maximum absolute atomic E-state index is 10.7.